The number of imidazole rings is 1. The molecule has 3 aromatic heterocycles. The summed E-state index contributed by atoms with van der Waals surface area (Å²) in [5.41, 5.74) is 2.24. The summed E-state index contributed by atoms with van der Waals surface area (Å²) in [6.07, 6.45) is 7.13. The van der Waals surface area contributed by atoms with Gasteiger partial charge in [0, 0.05) is 26.3 Å². The van der Waals surface area contributed by atoms with Gasteiger partial charge in [-0.05, 0) is 55.6 Å². The number of amides is 1. The maximum atomic E-state index is 12.7. The Bertz CT molecular complexity index is 1050. The maximum Gasteiger partial charge on any atom is 0.410 e. The smallest absolute Gasteiger partial charge is 0.410 e. The quantitative estimate of drug-likeness (QED) is 0.536. The molecule has 0 bridgehead atoms. The van der Waals surface area contributed by atoms with Crippen LogP contribution in [-0.4, -0.2) is 54.0 Å². The number of fused-ring (bicyclic) bond motifs is 1. The fourth-order valence-electron chi connectivity index (χ4n) is 3.74. The van der Waals surface area contributed by atoms with Gasteiger partial charge < -0.3 is 14.2 Å². The van der Waals surface area contributed by atoms with E-state index in [2.05, 4.69) is 30.6 Å². The standard InChI is InChI=1S/C20H25BrN6O2/c1-20(2,3)29-19(28)26-7-5-6-14(12-26)27-16-8-17(21)22-10-15(16)24-18(27)13-9-23-25(4)11-13/h8-11,14H,5-7,12H2,1-4H3/t14-/m1/s1. The zero-order valence-electron chi connectivity index (χ0n) is 17.1. The molecule has 29 heavy (non-hydrogen) atoms. The van der Waals surface area contributed by atoms with E-state index < -0.39 is 5.60 Å². The fraction of sp³-hybridized carbons (Fsp3) is 0.500. The highest BCUT2D eigenvalue weighted by Gasteiger charge is 2.31. The van der Waals surface area contributed by atoms with Gasteiger partial charge in [-0.1, -0.05) is 0 Å². The van der Waals surface area contributed by atoms with Gasteiger partial charge >= 0.3 is 6.09 Å². The Kier molecular flexibility index (Phi) is 5.10. The monoisotopic (exact) mass is 460 g/mol. The molecular weight excluding hydrogens is 436 g/mol. The summed E-state index contributed by atoms with van der Waals surface area (Å²) in [6, 6.07) is 2.07. The van der Waals surface area contributed by atoms with E-state index in [1.807, 2.05) is 46.3 Å². The number of ether oxygens (including phenoxy) is 1. The number of piperidine rings is 1. The van der Waals surface area contributed by atoms with Crippen molar-refractivity contribution in [3.63, 3.8) is 0 Å². The van der Waals surface area contributed by atoms with Crippen LogP contribution in [0.5, 0.6) is 0 Å². The minimum absolute atomic E-state index is 0.0887. The molecule has 154 valence electrons. The van der Waals surface area contributed by atoms with E-state index in [1.54, 1.807) is 15.8 Å². The van der Waals surface area contributed by atoms with Crippen LogP contribution in [0.25, 0.3) is 22.4 Å². The number of aryl methyl sites for hydroxylation is 1. The molecule has 4 rings (SSSR count). The summed E-state index contributed by atoms with van der Waals surface area (Å²) in [5, 5.41) is 4.30. The van der Waals surface area contributed by atoms with E-state index in [1.165, 1.54) is 0 Å². The Labute approximate surface area is 178 Å². The summed E-state index contributed by atoms with van der Waals surface area (Å²) in [7, 11) is 1.89. The number of hydrogen-bond donors (Lipinski definition) is 0. The summed E-state index contributed by atoms with van der Waals surface area (Å²) in [6.45, 7) is 6.95. The predicted molar refractivity (Wildman–Crippen MR) is 114 cm³/mol. The van der Waals surface area contributed by atoms with Crippen LogP contribution in [0.1, 0.15) is 39.7 Å². The van der Waals surface area contributed by atoms with Crippen molar-refractivity contribution in [1.82, 2.24) is 29.2 Å². The zero-order valence-corrected chi connectivity index (χ0v) is 18.7. The summed E-state index contributed by atoms with van der Waals surface area (Å²) >= 11 is 3.48. The Morgan fingerprint density at radius 3 is 2.79 bits per heavy atom. The molecule has 4 heterocycles. The normalized spacial score (nSPS) is 17.7. The lowest BCUT2D eigenvalue weighted by Gasteiger charge is -2.35. The van der Waals surface area contributed by atoms with Crippen molar-refractivity contribution in [3.05, 3.63) is 29.3 Å². The topological polar surface area (TPSA) is 78.1 Å². The van der Waals surface area contributed by atoms with Crippen LogP contribution in [0, 0.1) is 0 Å². The van der Waals surface area contributed by atoms with Gasteiger partial charge in [-0.3, -0.25) is 4.68 Å². The molecule has 1 aliphatic rings. The highest BCUT2D eigenvalue weighted by atomic mass is 79.9. The van der Waals surface area contributed by atoms with Crippen LogP contribution >= 0.6 is 15.9 Å². The van der Waals surface area contributed by atoms with E-state index >= 15 is 0 Å². The number of nitrogens with zero attached hydrogens (tertiary/aromatic N) is 6. The average molecular weight is 461 g/mol. The molecule has 0 aromatic carbocycles. The summed E-state index contributed by atoms with van der Waals surface area (Å²) in [5.74, 6) is 0.837. The first-order chi connectivity index (χ1) is 13.7. The third-order valence-electron chi connectivity index (χ3n) is 4.92. The van der Waals surface area contributed by atoms with E-state index in [-0.39, 0.29) is 12.1 Å². The van der Waals surface area contributed by atoms with Gasteiger partial charge in [-0.2, -0.15) is 5.10 Å². The van der Waals surface area contributed by atoms with Crippen LogP contribution in [0.4, 0.5) is 4.79 Å². The number of halogens is 1. The Balaban J connectivity index is 1.74. The zero-order chi connectivity index (χ0) is 20.8. The molecule has 1 fully saturated rings. The minimum atomic E-state index is -0.511. The molecule has 0 N–H and O–H groups in total. The largest absolute Gasteiger partial charge is 0.444 e. The van der Waals surface area contributed by atoms with Gasteiger partial charge in [-0.15, -0.1) is 0 Å². The predicted octanol–water partition coefficient (Wildman–Crippen LogP) is 4.17. The number of aromatic nitrogens is 5. The molecule has 9 heteroatoms. The minimum Gasteiger partial charge on any atom is -0.444 e. The molecule has 1 saturated heterocycles. The van der Waals surface area contributed by atoms with Crippen molar-refractivity contribution in [2.75, 3.05) is 13.1 Å². The van der Waals surface area contributed by atoms with Crippen LogP contribution < -0.4 is 0 Å². The molecule has 8 nitrogen and oxygen atoms in total. The Morgan fingerprint density at radius 2 is 2.10 bits per heavy atom. The van der Waals surface area contributed by atoms with E-state index in [0.29, 0.717) is 13.1 Å². The van der Waals surface area contributed by atoms with Crippen molar-refractivity contribution < 1.29 is 9.53 Å². The van der Waals surface area contributed by atoms with E-state index in [0.717, 1.165) is 39.9 Å². The van der Waals surface area contributed by atoms with Gasteiger partial charge in [0.1, 0.15) is 21.5 Å². The molecule has 0 aliphatic carbocycles. The molecule has 1 amide bonds. The average Bonchev–Trinajstić information content (AvgIpc) is 3.23. The lowest BCUT2D eigenvalue weighted by molar-refractivity contribution is 0.0175. The lowest BCUT2D eigenvalue weighted by atomic mass is 10.1. The number of carbonyl (C=O) groups is 1. The SMILES string of the molecule is Cn1cc(-c2nc3cnc(Br)cc3n2[C@@H]2CCCN(C(=O)OC(C)(C)C)C2)cn1. The number of rotatable bonds is 2. The van der Waals surface area contributed by atoms with Gasteiger partial charge in [0.05, 0.1) is 29.5 Å². The Morgan fingerprint density at radius 1 is 1.31 bits per heavy atom. The molecule has 0 radical (unpaired) electrons. The van der Waals surface area contributed by atoms with E-state index in [4.69, 9.17) is 9.72 Å². The molecule has 3 aromatic rings. The molecule has 0 spiro atoms. The van der Waals surface area contributed by atoms with E-state index in [9.17, 15) is 4.79 Å². The van der Waals surface area contributed by atoms with Crippen molar-refractivity contribution in [2.24, 2.45) is 7.05 Å². The number of hydrogen-bond acceptors (Lipinski definition) is 5. The first kappa shape index (κ1) is 19.9. The molecule has 1 atom stereocenters. The summed E-state index contributed by atoms with van der Waals surface area (Å²) < 4.78 is 10.3. The van der Waals surface area contributed by atoms with Gasteiger partial charge in [0.15, 0.2) is 0 Å². The Hall–Kier alpha value is -2.42. The maximum absolute atomic E-state index is 12.7. The lowest BCUT2D eigenvalue weighted by Crippen LogP contribution is -2.43. The van der Waals surface area contributed by atoms with Gasteiger partial charge in [0.2, 0.25) is 0 Å². The number of likely N-dealkylation sites (tertiary alicyclic amines) is 1. The molecule has 0 saturated carbocycles. The van der Waals surface area contributed by atoms with Crippen LogP contribution in [0.3, 0.4) is 0 Å². The van der Waals surface area contributed by atoms with Gasteiger partial charge in [0.25, 0.3) is 0 Å². The summed E-state index contributed by atoms with van der Waals surface area (Å²) in [4.78, 5) is 23.6. The number of carbonyl (C=O) groups excluding carboxylic acids is 1. The fourth-order valence-corrected chi connectivity index (χ4v) is 4.06. The second kappa shape index (κ2) is 7.44. The van der Waals surface area contributed by atoms with Crippen LogP contribution in [0.15, 0.2) is 29.3 Å². The molecule has 0 unspecified atom stereocenters. The highest BCUT2D eigenvalue weighted by molar-refractivity contribution is 9.10. The number of pyridine rings is 1. The third kappa shape index (κ3) is 4.14. The first-order valence-electron chi connectivity index (χ1n) is 9.72. The van der Waals surface area contributed by atoms with Crippen molar-refractivity contribution >= 4 is 33.1 Å². The van der Waals surface area contributed by atoms with Crippen molar-refractivity contribution in [1.29, 1.82) is 0 Å². The first-order valence-corrected chi connectivity index (χ1v) is 10.5. The van der Waals surface area contributed by atoms with Crippen LogP contribution in [-0.2, 0) is 11.8 Å². The third-order valence-corrected chi connectivity index (χ3v) is 5.35. The highest BCUT2D eigenvalue weighted by Crippen LogP contribution is 2.33. The molecular formula is C20H25BrN6O2. The van der Waals surface area contributed by atoms with Crippen molar-refractivity contribution in [3.8, 4) is 11.4 Å². The van der Waals surface area contributed by atoms with Crippen molar-refractivity contribution in [2.45, 2.75) is 45.3 Å². The van der Waals surface area contributed by atoms with Crippen LogP contribution in [0.2, 0.25) is 0 Å². The van der Waals surface area contributed by atoms with Gasteiger partial charge in [-0.25, -0.2) is 14.8 Å². The second-order valence-corrected chi connectivity index (χ2v) is 9.24. The second-order valence-electron chi connectivity index (χ2n) is 8.43. The molecule has 1 aliphatic heterocycles.